The largest absolute Gasteiger partial charge is 0.375 e. The summed E-state index contributed by atoms with van der Waals surface area (Å²) in [5.41, 5.74) is 2.78. The predicted octanol–water partition coefficient (Wildman–Crippen LogP) is 2.65. The van der Waals surface area contributed by atoms with E-state index >= 15 is 0 Å². The van der Waals surface area contributed by atoms with Crippen LogP contribution in [-0.4, -0.2) is 12.6 Å². The first kappa shape index (κ1) is 10.3. The van der Waals surface area contributed by atoms with Crippen molar-refractivity contribution < 1.29 is 4.74 Å². The van der Waals surface area contributed by atoms with Crippen molar-refractivity contribution in [3.8, 4) is 0 Å². The summed E-state index contributed by atoms with van der Waals surface area (Å²) in [6.07, 6.45) is 2.64. The Morgan fingerprint density at radius 1 is 1.25 bits per heavy atom. The fraction of sp³-hybridized carbons (Fsp3) is 0.571. The molecule has 2 aliphatic rings. The molecule has 2 nitrogen and oxygen atoms in total. The molecule has 1 aromatic carbocycles. The molecule has 1 aliphatic carbocycles. The normalized spacial score (nSPS) is 32.9. The first-order chi connectivity index (χ1) is 7.83. The standard InChI is InChI=1S/C14H19NO/c1-10-6-12(7-10)15-14-9-16-8-11-4-2-3-5-13(11)14/h2-5,10,12,14-15H,6-9H2,1H3. The molecule has 1 N–H and O–H groups in total. The van der Waals surface area contributed by atoms with E-state index in [-0.39, 0.29) is 0 Å². The molecule has 0 aromatic heterocycles. The van der Waals surface area contributed by atoms with Gasteiger partial charge in [-0.25, -0.2) is 0 Å². The molecule has 1 unspecified atom stereocenters. The number of ether oxygens (including phenoxy) is 1. The molecular formula is C14H19NO. The van der Waals surface area contributed by atoms with Gasteiger partial charge in [-0.15, -0.1) is 0 Å². The molecule has 0 saturated heterocycles. The molecule has 1 atom stereocenters. The van der Waals surface area contributed by atoms with Crippen LogP contribution in [0.2, 0.25) is 0 Å². The van der Waals surface area contributed by atoms with Crippen LogP contribution in [0.25, 0.3) is 0 Å². The molecule has 1 fully saturated rings. The van der Waals surface area contributed by atoms with Gasteiger partial charge in [0.1, 0.15) is 0 Å². The van der Waals surface area contributed by atoms with Gasteiger partial charge in [0, 0.05) is 6.04 Å². The molecule has 0 radical (unpaired) electrons. The minimum absolute atomic E-state index is 0.405. The van der Waals surface area contributed by atoms with Crippen molar-refractivity contribution in [2.45, 2.75) is 38.5 Å². The van der Waals surface area contributed by atoms with Gasteiger partial charge < -0.3 is 10.1 Å². The van der Waals surface area contributed by atoms with Crippen LogP contribution in [0, 0.1) is 5.92 Å². The van der Waals surface area contributed by atoms with Crippen molar-refractivity contribution in [2.75, 3.05) is 6.61 Å². The number of hydrogen-bond acceptors (Lipinski definition) is 2. The highest BCUT2D eigenvalue weighted by molar-refractivity contribution is 5.31. The first-order valence-electron chi connectivity index (χ1n) is 6.24. The van der Waals surface area contributed by atoms with Crippen LogP contribution in [0.1, 0.15) is 36.9 Å². The lowest BCUT2D eigenvalue weighted by Gasteiger charge is -2.38. The van der Waals surface area contributed by atoms with E-state index in [0.717, 1.165) is 19.1 Å². The van der Waals surface area contributed by atoms with E-state index in [1.807, 2.05) is 0 Å². The quantitative estimate of drug-likeness (QED) is 0.822. The summed E-state index contributed by atoms with van der Waals surface area (Å²) in [6.45, 7) is 3.92. The minimum Gasteiger partial charge on any atom is -0.375 e. The highest BCUT2D eigenvalue weighted by atomic mass is 16.5. The fourth-order valence-corrected chi connectivity index (χ4v) is 2.84. The van der Waals surface area contributed by atoms with Gasteiger partial charge >= 0.3 is 0 Å². The van der Waals surface area contributed by atoms with Crippen molar-refractivity contribution in [1.29, 1.82) is 0 Å². The van der Waals surface area contributed by atoms with Crippen LogP contribution in [0.4, 0.5) is 0 Å². The number of rotatable bonds is 2. The maximum absolute atomic E-state index is 5.64. The Morgan fingerprint density at radius 3 is 2.88 bits per heavy atom. The third-order valence-corrected chi connectivity index (χ3v) is 3.78. The molecule has 1 saturated carbocycles. The molecule has 3 rings (SSSR count). The van der Waals surface area contributed by atoms with Gasteiger partial charge in [0.25, 0.3) is 0 Å². The average molecular weight is 217 g/mol. The van der Waals surface area contributed by atoms with Gasteiger partial charge in [-0.2, -0.15) is 0 Å². The van der Waals surface area contributed by atoms with Crippen LogP contribution >= 0.6 is 0 Å². The Kier molecular flexibility index (Phi) is 2.70. The van der Waals surface area contributed by atoms with Crippen molar-refractivity contribution >= 4 is 0 Å². The van der Waals surface area contributed by atoms with Gasteiger partial charge in [-0.05, 0) is 29.9 Å². The van der Waals surface area contributed by atoms with E-state index in [2.05, 4.69) is 36.5 Å². The Balaban J connectivity index is 1.72. The van der Waals surface area contributed by atoms with Crippen molar-refractivity contribution in [2.24, 2.45) is 5.92 Å². The number of benzene rings is 1. The molecule has 86 valence electrons. The second kappa shape index (κ2) is 4.19. The molecule has 1 aliphatic heterocycles. The topological polar surface area (TPSA) is 21.3 Å². The average Bonchev–Trinajstić information content (AvgIpc) is 2.27. The summed E-state index contributed by atoms with van der Waals surface area (Å²) < 4.78 is 5.64. The molecule has 0 amide bonds. The zero-order chi connectivity index (χ0) is 11.0. The van der Waals surface area contributed by atoms with Crippen molar-refractivity contribution in [3.63, 3.8) is 0 Å². The highest BCUT2D eigenvalue weighted by Gasteiger charge is 2.29. The first-order valence-corrected chi connectivity index (χ1v) is 6.24. The van der Waals surface area contributed by atoms with E-state index in [9.17, 15) is 0 Å². The smallest absolute Gasteiger partial charge is 0.0721 e. The summed E-state index contributed by atoms with van der Waals surface area (Å²) in [5.74, 6) is 0.900. The summed E-state index contributed by atoms with van der Waals surface area (Å²) in [5, 5.41) is 3.72. The van der Waals surface area contributed by atoms with Crippen molar-refractivity contribution in [3.05, 3.63) is 35.4 Å². The minimum atomic E-state index is 0.405. The molecule has 1 aromatic rings. The number of fused-ring (bicyclic) bond motifs is 1. The zero-order valence-corrected chi connectivity index (χ0v) is 9.78. The number of hydrogen-bond donors (Lipinski definition) is 1. The van der Waals surface area contributed by atoms with Crippen LogP contribution < -0.4 is 5.32 Å². The predicted molar refractivity (Wildman–Crippen MR) is 64.2 cm³/mol. The Labute approximate surface area is 97.0 Å². The van der Waals surface area contributed by atoms with E-state index in [4.69, 9.17) is 4.74 Å². The third-order valence-electron chi connectivity index (χ3n) is 3.78. The summed E-state index contributed by atoms with van der Waals surface area (Å²) in [7, 11) is 0. The van der Waals surface area contributed by atoms with Gasteiger partial charge in [0.05, 0.1) is 19.3 Å². The lowest BCUT2D eigenvalue weighted by Crippen LogP contribution is -2.44. The second-order valence-electron chi connectivity index (χ2n) is 5.21. The van der Waals surface area contributed by atoms with Gasteiger partial charge in [0.15, 0.2) is 0 Å². The number of nitrogens with one attached hydrogen (secondary N) is 1. The molecule has 16 heavy (non-hydrogen) atoms. The van der Waals surface area contributed by atoms with Gasteiger partial charge in [-0.1, -0.05) is 31.2 Å². The summed E-state index contributed by atoms with van der Waals surface area (Å²) >= 11 is 0. The summed E-state index contributed by atoms with van der Waals surface area (Å²) in [4.78, 5) is 0. The maximum atomic E-state index is 5.64. The molecule has 2 heteroatoms. The Morgan fingerprint density at radius 2 is 2.06 bits per heavy atom. The Bertz CT molecular complexity index is 371. The van der Waals surface area contributed by atoms with Crippen LogP contribution in [0.5, 0.6) is 0 Å². The SMILES string of the molecule is CC1CC(NC2COCc3ccccc32)C1. The van der Waals surface area contributed by atoms with Crippen LogP contribution in [0.15, 0.2) is 24.3 Å². The van der Waals surface area contributed by atoms with E-state index in [1.54, 1.807) is 0 Å². The van der Waals surface area contributed by atoms with Gasteiger partial charge in [-0.3, -0.25) is 0 Å². The van der Waals surface area contributed by atoms with Gasteiger partial charge in [0.2, 0.25) is 0 Å². The third kappa shape index (κ3) is 1.87. The molecule has 0 bridgehead atoms. The monoisotopic (exact) mass is 217 g/mol. The second-order valence-corrected chi connectivity index (χ2v) is 5.21. The summed E-state index contributed by atoms with van der Waals surface area (Å²) in [6, 6.07) is 9.74. The maximum Gasteiger partial charge on any atom is 0.0721 e. The van der Waals surface area contributed by atoms with Crippen LogP contribution in [0.3, 0.4) is 0 Å². The van der Waals surface area contributed by atoms with Crippen molar-refractivity contribution in [1.82, 2.24) is 5.32 Å². The van der Waals surface area contributed by atoms with E-state index < -0.39 is 0 Å². The lowest BCUT2D eigenvalue weighted by atomic mass is 9.81. The van der Waals surface area contributed by atoms with E-state index in [1.165, 1.54) is 24.0 Å². The lowest BCUT2D eigenvalue weighted by molar-refractivity contribution is 0.0696. The van der Waals surface area contributed by atoms with E-state index in [0.29, 0.717) is 12.1 Å². The zero-order valence-electron chi connectivity index (χ0n) is 9.78. The van der Waals surface area contributed by atoms with Crippen LogP contribution in [-0.2, 0) is 11.3 Å². The highest BCUT2D eigenvalue weighted by Crippen LogP contribution is 2.31. The molecule has 1 heterocycles. The molecule has 0 spiro atoms. The Hall–Kier alpha value is -0.860. The fourth-order valence-electron chi connectivity index (χ4n) is 2.84. The molecular weight excluding hydrogens is 198 g/mol.